The van der Waals surface area contributed by atoms with Crippen molar-refractivity contribution in [2.75, 3.05) is 5.32 Å². The van der Waals surface area contributed by atoms with E-state index in [9.17, 15) is 4.79 Å². The molecular formula is C17H22N4O. The summed E-state index contributed by atoms with van der Waals surface area (Å²) >= 11 is 0. The van der Waals surface area contributed by atoms with Crippen molar-refractivity contribution in [3.05, 3.63) is 47.3 Å². The van der Waals surface area contributed by atoms with Gasteiger partial charge in [0.1, 0.15) is 0 Å². The molecule has 2 aromatic rings. The first-order valence-electron chi connectivity index (χ1n) is 7.23. The lowest BCUT2D eigenvalue weighted by Crippen LogP contribution is -2.40. The lowest BCUT2D eigenvalue weighted by molar-refractivity contribution is 0.0919. The van der Waals surface area contributed by atoms with Crippen LogP contribution >= 0.6 is 0 Å². The Morgan fingerprint density at radius 1 is 1.09 bits per heavy atom. The molecule has 0 aliphatic rings. The number of rotatable bonds is 3. The highest BCUT2D eigenvalue weighted by Crippen LogP contribution is 2.19. The maximum absolute atomic E-state index is 12.0. The monoisotopic (exact) mass is 298 g/mol. The third kappa shape index (κ3) is 4.28. The van der Waals surface area contributed by atoms with E-state index in [0.29, 0.717) is 11.5 Å². The molecule has 0 fully saturated rings. The Labute approximate surface area is 131 Å². The summed E-state index contributed by atoms with van der Waals surface area (Å²) in [6.07, 6.45) is 3.06. The third-order valence-electron chi connectivity index (χ3n) is 3.04. The number of hydrogen-bond acceptors (Lipinski definition) is 4. The Morgan fingerprint density at radius 2 is 1.73 bits per heavy atom. The molecule has 0 unspecified atom stereocenters. The predicted molar refractivity (Wildman–Crippen MR) is 88.4 cm³/mol. The molecule has 0 saturated heterocycles. The lowest BCUT2D eigenvalue weighted by atomic mass is 10.1. The van der Waals surface area contributed by atoms with E-state index < -0.39 is 0 Å². The van der Waals surface area contributed by atoms with Gasteiger partial charge in [-0.15, -0.1) is 0 Å². The summed E-state index contributed by atoms with van der Waals surface area (Å²) in [6.45, 7) is 9.85. The van der Waals surface area contributed by atoms with Crippen LogP contribution in [0.4, 0.5) is 11.6 Å². The zero-order chi connectivity index (χ0) is 16.3. The van der Waals surface area contributed by atoms with E-state index in [-0.39, 0.29) is 11.4 Å². The van der Waals surface area contributed by atoms with Crippen molar-refractivity contribution < 1.29 is 4.79 Å². The molecule has 0 atom stereocenters. The molecule has 2 N–H and O–H groups in total. The SMILES string of the molecule is Cc1ccc(C)c(Nc2ncc(C(=O)NC(C)(C)C)cn2)c1. The number of carbonyl (C=O) groups excluding carboxylic acids is 1. The second-order valence-corrected chi connectivity index (χ2v) is 6.44. The number of amides is 1. The largest absolute Gasteiger partial charge is 0.347 e. The highest BCUT2D eigenvalue weighted by atomic mass is 16.1. The van der Waals surface area contributed by atoms with E-state index in [1.165, 1.54) is 12.4 Å². The van der Waals surface area contributed by atoms with Gasteiger partial charge in [0.25, 0.3) is 5.91 Å². The zero-order valence-corrected chi connectivity index (χ0v) is 13.7. The quantitative estimate of drug-likeness (QED) is 0.911. The number of nitrogens with one attached hydrogen (secondary N) is 2. The van der Waals surface area contributed by atoms with E-state index in [4.69, 9.17) is 0 Å². The molecule has 0 saturated carbocycles. The van der Waals surface area contributed by atoms with E-state index in [2.05, 4.69) is 26.7 Å². The Balaban J connectivity index is 2.12. The van der Waals surface area contributed by atoms with E-state index in [1.54, 1.807) is 0 Å². The lowest BCUT2D eigenvalue weighted by Gasteiger charge is -2.20. The van der Waals surface area contributed by atoms with Crippen molar-refractivity contribution in [3.8, 4) is 0 Å². The van der Waals surface area contributed by atoms with Gasteiger partial charge >= 0.3 is 0 Å². The minimum absolute atomic E-state index is 0.175. The number of carbonyl (C=O) groups is 1. The number of nitrogens with zero attached hydrogens (tertiary/aromatic N) is 2. The molecule has 1 aromatic heterocycles. The van der Waals surface area contributed by atoms with Crippen LogP contribution in [0.15, 0.2) is 30.6 Å². The van der Waals surface area contributed by atoms with E-state index in [1.807, 2.05) is 46.8 Å². The summed E-state index contributed by atoms with van der Waals surface area (Å²) in [5.41, 5.74) is 3.40. The van der Waals surface area contributed by atoms with Crippen LogP contribution in [-0.4, -0.2) is 21.4 Å². The first-order chi connectivity index (χ1) is 10.2. The standard InChI is InChI=1S/C17H22N4O/c1-11-6-7-12(2)14(8-11)20-16-18-9-13(10-19-16)15(22)21-17(3,4)5/h6-10H,1-5H3,(H,21,22)(H,18,19,20). The predicted octanol–water partition coefficient (Wildman–Crippen LogP) is 3.37. The van der Waals surface area contributed by atoms with Crippen LogP contribution in [0.3, 0.4) is 0 Å². The first kappa shape index (κ1) is 15.9. The van der Waals surface area contributed by atoms with E-state index in [0.717, 1.165) is 16.8 Å². The molecule has 2 rings (SSSR count). The first-order valence-corrected chi connectivity index (χ1v) is 7.23. The number of anilines is 2. The van der Waals surface area contributed by atoms with Gasteiger partial charge in [0.2, 0.25) is 5.95 Å². The van der Waals surface area contributed by atoms with Crippen molar-refractivity contribution >= 4 is 17.5 Å². The summed E-state index contributed by atoms with van der Waals surface area (Å²) in [7, 11) is 0. The summed E-state index contributed by atoms with van der Waals surface area (Å²) in [5, 5.41) is 6.06. The molecule has 0 spiro atoms. The average molecular weight is 298 g/mol. The fraction of sp³-hybridized carbons (Fsp3) is 0.353. The fourth-order valence-corrected chi connectivity index (χ4v) is 1.91. The van der Waals surface area contributed by atoms with E-state index >= 15 is 0 Å². The Bertz CT molecular complexity index is 672. The molecule has 0 radical (unpaired) electrons. The van der Waals surface area contributed by atoms with Gasteiger partial charge in [-0.25, -0.2) is 9.97 Å². The van der Waals surface area contributed by atoms with Gasteiger partial charge in [-0.2, -0.15) is 0 Å². The van der Waals surface area contributed by atoms with Crippen LogP contribution in [0.5, 0.6) is 0 Å². The van der Waals surface area contributed by atoms with Gasteiger partial charge in [-0.3, -0.25) is 4.79 Å². The van der Waals surface area contributed by atoms with Crippen molar-refractivity contribution in [1.82, 2.24) is 15.3 Å². The van der Waals surface area contributed by atoms with Gasteiger partial charge in [0, 0.05) is 23.6 Å². The fourth-order valence-electron chi connectivity index (χ4n) is 1.91. The summed E-state index contributed by atoms with van der Waals surface area (Å²) in [5.74, 6) is 0.298. The summed E-state index contributed by atoms with van der Waals surface area (Å²) < 4.78 is 0. The van der Waals surface area contributed by atoms with Crippen molar-refractivity contribution in [3.63, 3.8) is 0 Å². The molecule has 5 heteroatoms. The molecule has 1 aromatic carbocycles. The molecule has 0 bridgehead atoms. The second kappa shape index (κ2) is 6.13. The molecule has 0 aliphatic carbocycles. The average Bonchev–Trinajstić information content (AvgIpc) is 2.42. The van der Waals surface area contributed by atoms with Gasteiger partial charge < -0.3 is 10.6 Å². The van der Waals surface area contributed by atoms with Crippen LogP contribution in [0.25, 0.3) is 0 Å². The Kier molecular flexibility index (Phi) is 4.45. The van der Waals surface area contributed by atoms with Gasteiger partial charge in [-0.05, 0) is 51.8 Å². The second-order valence-electron chi connectivity index (χ2n) is 6.44. The van der Waals surface area contributed by atoms with Crippen molar-refractivity contribution in [2.45, 2.75) is 40.2 Å². The van der Waals surface area contributed by atoms with Crippen LogP contribution < -0.4 is 10.6 Å². The molecule has 22 heavy (non-hydrogen) atoms. The third-order valence-corrected chi connectivity index (χ3v) is 3.04. The minimum atomic E-state index is -0.285. The Morgan fingerprint density at radius 3 is 2.32 bits per heavy atom. The zero-order valence-electron chi connectivity index (χ0n) is 13.7. The maximum Gasteiger partial charge on any atom is 0.254 e. The molecule has 0 aliphatic heterocycles. The summed E-state index contributed by atoms with van der Waals surface area (Å²) in [6, 6.07) is 6.14. The highest BCUT2D eigenvalue weighted by molar-refractivity contribution is 5.94. The number of hydrogen-bond donors (Lipinski definition) is 2. The topological polar surface area (TPSA) is 66.9 Å². The number of benzene rings is 1. The van der Waals surface area contributed by atoms with Crippen LogP contribution in [0, 0.1) is 13.8 Å². The number of aromatic nitrogens is 2. The maximum atomic E-state index is 12.0. The molecule has 116 valence electrons. The van der Waals surface area contributed by atoms with Crippen molar-refractivity contribution in [2.24, 2.45) is 0 Å². The highest BCUT2D eigenvalue weighted by Gasteiger charge is 2.15. The van der Waals surface area contributed by atoms with Gasteiger partial charge in [0.15, 0.2) is 0 Å². The molecular weight excluding hydrogens is 276 g/mol. The van der Waals surface area contributed by atoms with Crippen molar-refractivity contribution in [1.29, 1.82) is 0 Å². The van der Waals surface area contributed by atoms with Crippen LogP contribution in [-0.2, 0) is 0 Å². The van der Waals surface area contributed by atoms with Crippen LogP contribution in [0.2, 0.25) is 0 Å². The molecule has 1 heterocycles. The summed E-state index contributed by atoms with van der Waals surface area (Å²) in [4.78, 5) is 20.4. The Hall–Kier alpha value is -2.43. The van der Waals surface area contributed by atoms with Gasteiger partial charge in [0.05, 0.1) is 5.56 Å². The molecule has 1 amide bonds. The minimum Gasteiger partial charge on any atom is -0.347 e. The smallest absolute Gasteiger partial charge is 0.254 e. The normalized spacial score (nSPS) is 11.1. The van der Waals surface area contributed by atoms with Gasteiger partial charge in [-0.1, -0.05) is 12.1 Å². The van der Waals surface area contributed by atoms with Crippen LogP contribution in [0.1, 0.15) is 42.3 Å². The number of aryl methyl sites for hydroxylation is 2. The molecule has 5 nitrogen and oxygen atoms in total.